The number of aliphatic carboxylic acids is 1. The molecule has 0 aromatic heterocycles. The number of nitrogens with zero attached hydrogens (tertiary/aromatic N) is 1. The molecule has 0 saturated heterocycles. The molecule has 1 heterocycles. The Bertz CT molecular complexity index is 643. The summed E-state index contributed by atoms with van der Waals surface area (Å²) in [7, 11) is 0. The summed E-state index contributed by atoms with van der Waals surface area (Å²) in [5.74, 6) is -0.989. The van der Waals surface area contributed by atoms with Crippen LogP contribution in [0.1, 0.15) is 18.9 Å². The zero-order valence-electron chi connectivity index (χ0n) is 11.4. The molecule has 108 valence electrons. The number of benzene rings is 1. The average Bonchev–Trinajstić information content (AvgIpc) is 2.46. The maximum Gasteiger partial charge on any atom is 0.341 e. The summed E-state index contributed by atoms with van der Waals surface area (Å²) < 4.78 is 5.06. The van der Waals surface area contributed by atoms with Crippen LogP contribution in [-0.4, -0.2) is 23.6 Å². The molecule has 6 nitrogen and oxygen atoms in total. The highest BCUT2D eigenvalue weighted by Crippen LogP contribution is 2.30. The molecule has 0 radical (unpaired) electrons. The summed E-state index contributed by atoms with van der Waals surface area (Å²) in [6.45, 7) is 1.46. The van der Waals surface area contributed by atoms with Crippen molar-refractivity contribution in [3.63, 3.8) is 0 Å². The topological polar surface area (TPSA) is 99.4 Å². The molecule has 1 aliphatic rings. The Morgan fingerprint density at radius 3 is 2.67 bits per heavy atom. The van der Waals surface area contributed by atoms with Crippen LogP contribution < -0.4 is 10.1 Å². The number of nitriles is 1. The van der Waals surface area contributed by atoms with Crippen molar-refractivity contribution in [3.8, 4) is 11.8 Å². The maximum atomic E-state index is 11.8. The molecular formula is C15H14N2O4. The van der Waals surface area contributed by atoms with Crippen molar-refractivity contribution in [2.24, 2.45) is 0 Å². The quantitative estimate of drug-likeness (QED) is 0.870. The monoisotopic (exact) mass is 286 g/mol. The number of hydrogen-bond acceptors (Lipinski definition) is 4. The smallest absolute Gasteiger partial charge is 0.341 e. The summed E-state index contributed by atoms with van der Waals surface area (Å²) >= 11 is 0. The zero-order chi connectivity index (χ0) is 15.5. The number of nitrogens with one attached hydrogen (secondary N) is 1. The molecular weight excluding hydrogens is 272 g/mol. The molecule has 2 rings (SSSR count). The molecule has 1 amide bonds. The first-order valence-electron chi connectivity index (χ1n) is 6.32. The minimum atomic E-state index is -1.04. The molecule has 21 heavy (non-hydrogen) atoms. The third-order valence-electron chi connectivity index (χ3n) is 3.32. The molecule has 6 heteroatoms. The largest absolute Gasteiger partial charge is 0.482 e. The van der Waals surface area contributed by atoms with Gasteiger partial charge in [-0.15, -0.1) is 0 Å². The van der Waals surface area contributed by atoms with E-state index in [4.69, 9.17) is 15.1 Å². The minimum absolute atomic E-state index is 0.119. The number of rotatable bonds is 4. The Balaban J connectivity index is 2.15. The minimum Gasteiger partial charge on any atom is -0.482 e. The van der Waals surface area contributed by atoms with Crippen LogP contribution in [0.3, 0.4) is 0 Å². The van der Waals surface area contributed by atoms with E-state index >= 15 is 0 Å². The predicted molar refractivity (Wildman–Crippen MR) is 73.4 cm³/mol. The second-order valence-electron chi connectivity index (χ2n) is 4.93. The standard InChI is InChI=1S/C15H14N2O4/c1-15(7-6-10(8-16)14(20)17-15)11-2-4-12(5-3-11)21-9-13(18)19/h2-6H,7,9H2,1H3,(H,17,20)(H,18,19). The fourth-order valence-corrected chi connectivity index (χ4v) is 2.12. The van der Waals surface area contributed by atoms with Gasteiger partial charge in [0.25, 0.3) is 5.91 Å². The lowest BCUT2D eigenvalue weighted by Gasteiger charge is -2.33. The second-order valence-corrected chi connectivity index (χ2v) is 4.93. The van der Waals surface area contributed by atoms with E-state index in [2.05, 4.69) is 5.32 Å². The summed E-state index contributed by atoms with van der Waals surface area (Å²) in [5.41, 5.74) is 0.378. The van der Waals surface area contributed by atoms with Crippen LogP contribution >= 0.6 is 0 Å². The van der Waals surface area contributed by atoms with Crippen molar-refractivity contribution < 1.29 is 19.4 Å². The summed E-state index contributed by atoms with van der Waals surface area (Å²) in [6.07, 6.45) is 2.13. The highest BCUT2D eigenvalue weighted by Gasteiger charge is 2.32. The molecule has 0 spiro atoms. The number of carbonyl (C=O) groups is 2. The molecule has 2 N–H and O–H groups in total. The Kier molecular flexibility index (Phi) is 3.94. The van der Waals surface area contributed by atoms with Gasteiger partial charge in [-0.1, -0.05) is 18.2 Å². The molecule has 0 bridgehead atoms. The fourth-order valence-electron chi connectivity index (χ4n) is 2.12. The number of amides is 1. The zero-order valence-corrected chi connectivity index (χ0v) is 11.4. The molecule has 1 atom stereocenters. The first-order chi connectivity index (χ1) is 9.94. The van der Waals surface area contributed by atoms with E-state index in [0.717, 1.165) is 5.56 Å². The lowest BCUT2D eigenvalue weighted by Crippen LogP contribution is -2.46. The number of carbonyl (C=O) groups excluding carboxylic acids is 1. The molecule has 1 aromatic rings. The van der Waals surface area contributed by atoms with Gasteiger partial charge < -0.3 is 15.2 Å². The van der Waals surface area contributed by atoms with E-state index in [0.29, 0.717) is 12.2 Å². The van der Waals surface area contributed by atoms with Gasteiger partial charge in [-0.05, 0) is 31.0 Å². The van der Waals surface area contributed by atoms with Gasteiger partial charge in [0, 0.05) is 0 Å². The predicted octanol–water partition coefficient (Wildman–Crippen LogP) is 1.34. The third-order valence-corrected chi connectivity index (χ3v) is 3.32. The number of carboxylic acid groups (broad SMARTS) is 1. The highest BCUT2D eigenvalue weighted by atomic mass is 16.5. The molecule has 1 unspecified atom stereocenters. The first kappa shape index (κ1) is 14.6. The normalized spacial score (nSPS) is 21.0. The molecule has 1 aliphatic heterocycles. The third kappa shape index (κ3) is 3.20. The summed E-state index contributed by atoms with van der Waals surface area (Å²) in [5, 5.41) is 20.2. The van der Waals surface area contributed by atoms with Crippen molar-refractivity contribution in [3.05, 3.63) is 41.5 Å². The van der Waals surface area contributed by atoms with Gasteiger partial charge in [-0.3, -0.25) is 4.79 Å². The van der Waals surface area contributed by atoms with Gasteiger partial charge >= 0.3 is 5.97 Å². The van der Waals surface area contributed by atoms with E-state index in [1.54, 1.807) is 30.3 Å². The van der Waals surface area contributed by atoms with Crippen LogP contribution in [0.15, 0.2) is 35.9 Å². The van der Waals surface area contributed by atoms with Crippen LogP contribution in [-0.2, 0) is 15.1 Å². The summed E-state index contributed by atoms with van der Waals surface area (Å²) in [4.78, 5) is 22.2. The van der Waals surface area contributed by atoms with E-state index in [1.807, 2.05) is 13.0 Å². The first-order valence-corrected chi connectivity index (χ1v) is 6.32. The Morgan fingerprint density at radius 2 is 2.14 bits per heavy atom. The lowest BCUT2D eigenvalue weighted by atomic mass is 9.85. The SMILES string of the molecule is CC1(c2ccc(OCC(=O)O)cc2)CC=C(C#N)C(=O)N1. The van der Waals surface area contributed by atoms with Crippen molar-refractivity contribution >= 4 is 11.9 Å². The Labute approximate surface area is 121 Å². The van der Waals surface area contributed by atoms with E-state index in [1.165, 1.54) is 0 Å². The lowest BCUT2D eigenvalue weighted by molar-refractivity contribution is -0.139. The summed E-state index contributed by atoms with van der Waals surface area (Å²) in [6, 6.07) is 8.69. The van der Waals surface area contributed by atoms with Crippen LogP contribution in [0.2, 0.25) is 0 Å². The van der Waals surface area contributed by atoms with Gasteiger partial charge in [0.2, 0.25) is 0 Å². The fraction of sp³-hybridized carbons (Fsp3) is 0.267. The number of hydrogen-bond donors (Lipinski definition) is 2. The van der Waals surface area contributed by atoms with Crippen molar-refractivity contribution in [2.45, 2.75) is 18.9 Å². The van der Waals surface area contributed by atoms with Gasteiger partial charge in [0.15, 0.2) is 6.61 Å². The van der Waals surface area contributed by atoms with Crippen molar-refractivity contribution in [1.29, 1.82) is 5.26 Å². The van der Waals surface area contributed by atoms with Crippen LogP contribution in [0, 0.1) is 11.3 Å². The Morgan fingerprint density at radius 1 is 1.48 bits per heavy atom. The van der Waals surface area contributed by atoms with Crippen molar-refractivity contribution in [1.82, 2.24) is 5.32 Å². The number of carboxylic acids is 1. The van der Waals surface area contributed by atoms with Crippen LogP contribution in [0.4, 0.5) is 0 Å². The van der Waals surface area contributed by atoms with E-state index < -0.39 is 24.0 Å². The van der Waals surface area contributed by atoms with Gasteiger partial charge in [0.1, 0.15) is 17.4 Å². The average molecular weight is 286 g/mol. The van der Waals surface area contributed by atoms with E-state index in [-0.39, 0.29) is 5.57 Å². The van der Waals surface area contributed by atoms with Crippen LogP contribution in [0.25, 0.3) is 0 Å². The van der Waals surface area contributed by atoms with Crippen molar-refractivity contribution in [2.75, 3.05) is 6.61 Å². The molecule has 0 aliphatic carbocycles. The second kappa shape index (κ2) is 5.67. The Hall–Kier alpha value is -2.81. The highest BCUT2D eigenvalue weighted by molar-refractivity contribution is 5.98. The van der Waals surface area contributed by atoms with Crippen LogP contribution in [0.5, 0.6) is 5.75 Å². The molecule has 0 fully saturated rings. The molecule has 0 saturated carbocycles. The molecule has 1 aromatic carbocycles. The van der Waals surface area contributed by atoms with Gasteiger partial charge in [-0.25, -0.2) is 4.79 Å². The maximum absolute atomic E-state index is 11.8. The van der Waals surface area contributed by atoms with Gasteiger partial charge in [0.05, 0.1) is 5.54 Å². The van der Waals surface area contributed by atoms with Gasteiger partial charge in [-0.2, -0.15) is 5.26 Å². The number of ether oxygens (including phenoxy) is 1. The van der Waals surface area contributed by atoms with E-state index in [9.17, 15) is 9.59 Å².